The van der Waals surface area contributed by atoms with Crippen LogP contribution in [0.1, 0.15) is 284 Å². The molecule has 452 valence electrons. The van der Waals surface area contributed by atoms with Crippen LogP contribution in [-0.4, -0.2) is 74.9 Å². The highest BCUT2D eigenvalue weighted by atomic mass is 31.2. The maximum absolute atomic E-state index is 12.8. The lowest BCUT2D eigenvalue weighted by Gasteiger charge is -2.24. The van der Waals surface area contributed by atoms with Crippen molar-refractivity contribution in [2.24, 2.45) is 0 Å². The number of esters is 2. The van der Waals surface area contributed by atoms with Crippen molar-refractivity contribution in [3.8, 4) is 0 Å². The zero-order chi connectivity index (χ0) is 57.0. The lowest BCUT2D eigenvalue weighted by molar-refractivity contribution is -0.870. The van der Waals surface area contributed by atoms with Gasteiger partial charge in [-0.3, -0.25) is 18.6 Å². The van der Waals surface area contributed by atoms with Crippen LogP contribution in [0.25, 0.3) is 0 Å². The van der Waals surface area contributed by atoms with Crippen LogP contribution in [0.15, 0.2) is 85.1 Å². The molecule has 0 bridgehead atoms. The fraction of sp³-hybridized carbons (Fsp3) is 0.765. The third-order valence-electron chi connectivity index (χ3n) is 13.9. The van der Waals surface area contributed by atoms with Crippen molar-refractivity contribution >= 4 is 19.8 Å². The summed E-state index contributed by atoms with van der Waals surface area (Å²) >= 11 is 0. The minimum absolute atomic E-state index is 0.0307. The monoisotopic (exact) mass is 1110 g/mol. The largest absolute Gasteiger partial charge is 0.472 e. The van der Waals surface area contributed by atoms with Gasteiger partial charge in [-0.25, -0.2) is 4.57 Å². The highest BCUT2D eigenvalue weighted by Gasteiger charge is 2.27. The fourth-order valence-corrected chi connectivity index (χ4v) is 9.74. The molecule has 0 aliphatic carbocycles. The van der Waals surface area contributed by atoms with Crippen molar-refractivity contribution in [2.45, 2.75) is 290 Å². The van der Waals surface area contributed by atoms with E-state index < -0.39 is 26.5 Å². The Morgan fingerprint density at radius 2 is 0.731 bits per heavy atom. The van der Waals surface area contributed by atoms with E-state index in [9.17, 15) is 19.0 Å². The number of phosphoric acid groups is 1. The van der Waals surface area contributed by atoms with Crippen LogP contribution >= 0.6 is 7.82 Å². The zero-order valence-electron chi connectivity index (χ0n) is 51.4. The molecular formula is C68H123NO8P+. The van der Waals surface area contributed by atoms with E-state index in [1.165, 1.54) is 167 Å². The summed E-state index contributed by atoms with van der Waals surface area (Å²) < 4.78 is 34.7. The Labute approximate surface area is 481 Å². The van der Waals surface area contributed by atoms with Crippen molar-refractivity contribution in [1.82, 2.24) is 0 Å². The first-order chi connectivity index (χ1) is 38.0. The van der Waals surface area contributed by atoms with E-state index >= 15 is 0 Å². The summed E-state index contributed by atoms with van der Waals surface area (Å²) in [4.78, 5) is 35.8. The second-order valence-corrected chi connectivity index (χ2v) is 24.2. The molecule has 0 spiro atoms. The minimum Gasteiger partial charge on any atom is -0.462 e. The van der Waals surface area contributed by atoms with Gasteiger partial charge in [0.2, 0.25) is 0 Å². The molecule has 9 nitrogen and oxygen atoms in total. The number of allylic oxidation sites excluding steroid dienone is 14. The Bertz CT molecular complexity index is 1590. The lowest BCUT2D eigenvalue weighted by atomic mass is 10.0. The number of phosphoric ester groups is 1. The Morgan fingerprint density at radius 1 is 0.410 bits per heavy atom. The molecule has 78 heavy (non-hydrogen) atoms. The number of ether oxygens (including phenoxy) is 2. The van der Waals surface area contributed by atoms with E-state index in [-0.39, 0.29) is 25.6 Å². The maximum atomic E-state index is 12.8. The molecule has 0 aromatic carbocycles. The van der Waals surface area contributed by atoms with Crippen LogP contribution in [0.4, 0.5) is 0 Å². The average molecular weight is 1110 g/mol. The summed E-state index contributed by atoms with van der Waals surface area (Å²) in [5.41, 5.74) is 0. The number of hydrogen-bond acceptors (Lipinski definition) is 7. The van der Waals surface area contributed by atoms with Gasteiger partial charge in [-0.1, -0.05) is 285 Å². The molecule has 0 saturated heterocycles. The van der Waals surface area contributed by atoms with Gasteiger partial charge in [0.05, 0.1) is 27.7 Å². The number of rotatable bonds is 59. The second kappa shape index (κ2) is 58.8. The molecule has 2 atom stereocenters. The number of unbranched alkanes of at least 4 members (excludes halogenated alkanes) is 31. The van der Waals surface area contributed by atoms with Crippen molar-refractivity contribution in [1.29, 1.82) is 0 Å². The summed E-state index contributed by atoms with van der Waals surface area (Å²) in [5.74, 6) is -0.789. The predicted molar refractivity (Wildman–Crippen MR) is 335 cm³/mol. The van der Waals surface area contributed by atoms with Crippen LogP contribution in [-0.2, 0) is 32.7 Å². The molecule has 0 aliphatic rings. The number of nitrogens with zero attached hydrogens (tertiary/aromatic N) is 1. The molecule has 2 unspecified atom stereocenters. The summed E-state index contributed by atoms with van der Waals surface area (Å²) in [6.45, 7) is 4.35. The molecule has 0 aromatic rings. The molecule has 0 aliphatic heterocycles. The van der Waals surface area contributed by atoms with Crippen molar-refractivity contribution < 1.29 is 42.1 Å². The van der Waals surface area contributed by atoms with Gasteiger partial charge in [-0.15, -0.1) is 0 Å². The van der Waals surface area contributed by atoms with Crippen LogP contribution < -0.4 is 0 Å². The summed E-state index contributed by atoms with van der Waals surface area (Å²) in [5, 5.41) is 0. The third kappa shape index (κ3) is 62.4. The number of carbonyl (C=O) groups excluding carboxylic acids is 2. The van der Waals surface area contributed by atoms with Gasteiger partial charge in [0, 0.05) is 12.8 Å². The van der Waals surface area contributed by atoms with E-state index in [0.29, 0.717) is 23.9 Å². The molecular weight excluding hydrogens is 990 g/mol. The maximum Gasteiger partial charge on any atom is 0.472 e. The van der Waals surface area contributed by atoms with E-state index in [1.807, 2.05) is 21.1 Å². The highest BCUT2D eigenvalue weighted by Crippen LogP contribution is 2.43. The fourth-order valence-electron chi connectivity index (χ4n) is 9.00. The zero-order valence-corrected chi connectivity index (χ0v) is 52.3. The van der Waals surface area contributed by atoms with Gasteiger partial charge in [0.1, 0.15) is 19.8 Å². The first-order valence-electron chi connectivity index (χ1n) is 32.3. The summed E-state index contributed by atoms with van der Waals surface area (Å²) in [6.07, 6.45) is 79.5. The Hall–Kier alpha value is -2.81. The van der Waals surface area contributed by atoms with Crippen LogP contribution in [0.3, 0.4) is 0 Å². The van der Waals surface area contributed by atoms with Crippen LogP contribution in [0.5, 0.6) is 0 Å². The van der Waals surface area contributed by atoms with Crippen molar-refractivity contribution in [2.75, 3.05) is 47.5 Å². The highest BCUT2D eigenvalue weighted by molar-refractivity contribution is 7.47. The molecule has 10 heteroatoms. The van der Waals surface area contributed by atoms with E-state index in [1.54, 1.807) is 0 Å². The predicted octanol–water partition coefficient (Wildman–Crippen LogP) is 20.6. The average Bonchev–Trinajstić information content (AvgIpc) is 3.41. The number of likely N-dealkylation sites (N-methyl/N-ethyl adjacent to an activating group) is 1. The third-order valence-corrected chi connectivity index (χ3v) is 14.9. The quantitative estimate of drug-likeness (QED) is 0.0211. The SMILES string of the molecule is CC/C=C\C/C=C\C/C=C\C/C=C\C/C=C\C/C=C\C/C=C\CCCCCCCCCCCCCCCC(=O)OC(COC(=O)CCCCCCCCCCCCCCCCCCCCC)COP(=O)(O)OCC[N+](C)(C)C. The molecule has 1 N–H and O–H groups in total. The first-order valence-corrected chi connectivity index (χ1v) is 33.8. The van der Waals surface area contributed by atoms with Gasteiger partial charge in [0.15, 0.2) is 6.10 Å². The Kier molecular flexibility index (Phi) is 56.7. The van der Waals surface area contributed by atoms with Gasteiger partial charge < -0.3 is 18.9 Å². The van der Waals surface area contributed by atoms with E-state index in [0.717, 1.165) is 83.5 Å². The van der Waals surface area contributed by atoms with Crippen LogP contribution in [0.2, 0.25) is 0 Å². The number of carbonyl (C=O) groups is 2. The number of hydrogen-bond donors (Lipinski definition) is 1. The second-order valence-electron chi connectivity index (χ2n) is 22.8. The molecule has 0 rings (SSSR count). The van der Waals surface area contributed by atoms with Gasteiger partial charge >= 0.3 is 19.8 Å². The topological polar surface area (TPSA) is 108 Å². The molecule has 0 heterocycles. The minimum atomic E-state index is -4.39. The Balaban J connectivity index is 4.07. The van der Waals surface area contributed by atoms with Crippen molar-refractivity contribution in [3.05, 3.63) is 85.1 Å². The van der Waals surface area contributed by atoms with E-state index in [4.69, 9.17) is 18.5 Å². The summed E-state index contributed by atoms with van der Waals surface area (Å²) in [7, 11) is 1.48. The Morgan fingerprint density at radius 3 is 1.09 bits per heavy atom. The van der Waals surface area contributed by atoms with E-state index in [2.05, 4.69) is 98.9 Å². The smallest absolute Gasteiger partial charge is 0.462 e. The number of quaternary nitrogens is 1. The first kappa shape index (κ1) is 75.2. The van der Waals surface area contributed by atoms with Crippen molar-refractivity contribution in [3.63, 3.8) is 0 Å². The molecule has 0 radical (unpaired) electrons. The molecule has 0 amide bonds. The molecule has 0 aromatic heterocycles. The van der Waals surface area contributed by atoms with Gasteiger partial charge in [-0.05, 0) is 70.6 Å². The molecule has 0 saturated carbocycles. The van der Waals surface area contributed by atoms with Gasteiger partial charge in [0.25, 0.3) is 0 Å². The lowest BCUT2D eigenvalue weighted by Crippen LogP contribution is -2.37. The molecule has 0 fully saturated rings. The normalized spacial score (nSPS) is 13.8. The standard InChI is InChI=1S/C68H122NO8P/c1-6-8-10-12-14-16-18-20-22-24-26-27-28-29-30-31-32-33-34-35-36-37-38-39-40-41-43-45-47-49-51-53-55-57-59-61-68(71)77-66(65-76-78(72,73)75-63-62-69(3,4)5)64-74-67(70)60-58-56-54-52-50-48-46-44-42-25-23-21-19-17-15-13-11-9-7-2/h8,10,14,16,20,22,26-27,29-30,32-33,35-36,66H,6-7,9,11-13,15,17-19,21,23-25,28,31,34,37-65H2,1-5H3/p+1/b10-8-,16-14-,22-20-,27-26-,30-29-,33-32-,36-35-. The summed E-state index contributed by atoms with van der Waals surface area (Å²) in [6, 6.07) is 0. The van der Waals surface area contributed by atoms with Gasteiger partial charge in [-0.2, -0.15) is 0 Å². The van der Waals surface area contributed by atoms with Crippen LogP contribution in [0, 0.1) is 0 Å².